The first kappa shape index (κ1) is 11.3. The van der Waals surface area contributed by atoms with Crippen LogP contribution in [0.5, 0.6) is 0 Å². The minimum absolute atomic E-state index is 0.295. The molecular weight excluding hydrogens is 182 g/mol. The third-order valence-electron chi connectivity index (χ3n) is 2.80. The van der Waals surface area contributed by atoms with Crippen molar-refractivity contribution in [1.82, 2.24) is 5.32 Å². The summed E-state index contributed by atoms with van der Waals surface area (Å²) in [6, 6.07) is 0.684. The molecule has 2 N–H and O–H groups in total. The number of aliphatic hydroxyl groups excluding tert-OH is 1. The molecule has 13 heavy (non-hydrogen) atoms. The van der Waals surface area contributed by atoms with Crippen LogP contribution in [0.3, 0.4) is 0 Å². The SMILES string of the molecule is CSC1CCCC1NCC(C)CO. The minimum atomic E-state index is 0.295. The zero-order chi connectivity index (χ0) is 9.68. The van der Waals surface area contributed by atoms with Gasteiger partial charge in [0.2, 0.25) is 0 Å². The van der Waals surface area contributed by atoms with Crippen LogP contribution in [0.2, 0.25) is 0 Å². The van der Waals surface area contributed by atoms with Crippen molar-refractivity contribution in [2.75, 3.05) is 19.4 Å². The van der Waals surface area contributed by atoms with E-state index in [1.54, 1.807) is 0 Å². The van der Waals surface area contributed by atoms with Crippen LogP contribution in [0.1, 0.15) is 26.2 Å². The number of rotatable bonds is 5. The molecule has 0 aromatic carbocycles. The Hall–Kier alpha value is 0.270. The number of hydrogen-bond acceptors (Lipinski definition) is 3. The van der Waals surface area contributed by atoms with Crippen LogP contribution in [0.15, 0.2) is 0 Å². The molecule has 0 heterocycles. The van der Waals surface area contributed by atoms with Gasteiger partial charge in [0.15, 0.2) is 0 Å². The van der Waals surface area contributed by atoms with Crippen molar-refractivity contribution in [3.8, 4) is 0 Å². The van der Waals surface area contributed by atoms with E-state index in [0.29, 0.717) is 18.6 Å². The van der Waals surface area contributed by atoms with Crippen LogP contribution in [-0.4, -0.2) is 35.8 Å². The first-order valence-electron chi connectivity index (χ1n) is 5.15. The minimum Gasteiger partial charge on any atom is -0.396 e. The van der Waals surface area contributed by atoms with E-state index < -0.39 is 0 Å². The normalized spacial score (nSPS) is 30.7. The van der Waals surface area contributed by atoms with E-state index in [0.717, 1.165) is 11.8 Å². The number of thioether (sulfide) groups is 1. The molecule has 0 aliphatic heterocycles. The van der Waals surface area contributed by atoms with Crippen LogP contribution >= 0.6 is 11.8 Å². The third-order valence-corrected chi connectivity index (χ3v) is 3.97. The van der Waals surface area contributed by atoms with Crippen molar-refractivity contribution in [3.63, 3.8) is 0 Å². The Kier molecular flexibility index (Phi) is 5.14. The van der Waals surface area contributed by atoms with Crippen molar-refractivity contribution < 1.29 is 5.11 Å². The maximum atomic E-state index is 8.89. The summed E-state index contributed by atoms with van der Waals surface area (Å²) in [5.74, 6) is 0.392. The smallest absolute Gasteiger partial charge is 0.0468 e. The van der Waals surface area contributed by atoms with Gasteiger partial charge in [-0.15, -0.1) is 0 Å². The van der Waals surface area contributed by atoms with Crippen LogP contribution in [0, 0.1) is 5.92 Å². The average Bonchev–Trinajstić information content (AvgIpc) is 2.61. The Morgan fingerprint density at radius 3 is 2.92 bits per heavy atom. The molecule has 1 saturated carbocycles. The Labute approximate surface area is 85.5 Å². The quantitative estimate of drug-likeness (QED) is 0.710. The summed E-state index contributed by atoms with van der Waals surface area (Å²) < 4.78 is 0. The summed E-state index contributed by atoms with van der Waals surface area (Å²) in [6.07, 6.45) is 6.22. The van der Waals surface area contributed by atoms with Crippen molar-refractivity contribution in [2.24, 2.45) is 5.92 Å². The highest BCUT2D eigenvalue weighted by molar-refractivity contribution is 7.99. The van der Waals surface area contributed by atoms with Crippen molar-refractivity contribution in [1.29, 1.82) is 0 Å². The van der Waals surface area contributed by atoms with E-state index in [1.807, 2.05) is 11.8 Å². The van der Waals surface area contributed by atoms with Crippen molar-refractivity contribution in [2.45, 2.75) is 37.5 Å². The van der Waals surface area contributed by atoms with E-state index in [9.17, 15) is 0 Å². The van der Waals surface area contributed by atoms with Crippen LogP contribution in [0.4, 0.5) is 0 Å². The summed E-state index contributed by atoms with van der Waals surface area (Å²) in [4.78, 5) is 0. The second kappa shape index (κ2) is 5.89. The fourth-order valence-corrected chi connectivity index (χ4v) is 2.82. The van der Waals surface area contributed by atoms with Crippen LogP contribution in [0.25, 0.3) is 0 Å². The summed E-state index contributed by atoms with van der Waals surface area (Å²) in [5.41, 5.74) is 0. The molecule has 0 aromatic rings. The van der Waals surface area contributed by atoms with Crippen molar-refractivity contribution in [3.05, 3.63) is 0 Å². The van der Waals surface area contributed by atoms with E-state index in [2.05, 4.69) is 18.5 Å². The molecule has 0 amide bonds. The summed E-state index contributed by atoms with van der Waals surface area (Å²) in [7, 11) is 0. The molecule has 0 aromatic heterocycles. The molecule has 0 saturated heterocycles. The summed E-state index contributed by atoms with van der Waals surface area (Å²) >= 11 is 1.97. The number of hydrogen-bond donors (Lipinski definition) is 2. The van der Waals surface area contributed by atoms with Gasteiger partial charge in [-0.2, -0.15) is 11.8 Å². The van der Waals surface area contributed by atoms with Gasteiger partial charge in [0.25, 0.3) is 0 Å². The maximum Gasteiger partial charge on any atom is 0.0468 e. The molecule has 0 radical (unpaired) electrons. The molecule has 1 fully saturated rings. The zero-order valence-electron chi connectivity index (χ0n) is 8.62. The second-order valence-electron chi connectivity index (χ2n) is 4.01. The molecule has 2 nitrogen and oxygen atoms in total. The fourth-order valence-electron chi connectivity index (χ4n) is 1.86. The summed E-state index contributed by atoms with van der Waals surface area (Å²) in [6.45, 7) is 3.33. The van der Waals surface area contributed by atoms with E-state index in [-0.39, 0.29) is 0 Å². The molecule has 0 bridgehead atoms. The third kappa shape index (κ3) is 3.49. The van der Waals surface area contributed by atoms with Crippen molar-refractivity contribution >= 4 is 11.8 Å². The lowest BCUT2D eigenvalue weighted by molar-refractivity contribution is 0.230. The van der Waals surface area contributed by atoms with Gasteiger partial charge in [0, 0.05) is 24.4 Å². The zero-order valence-corrected chi connectivity index (χ0v) is 9.44. The Morgan fingerprint density at radius 1 is 1.54 bits per heavy atom. The van der Waals surface area contributed by atoms with Gasteiger partial charge in [-0.25, -0.2) is 0 Å². The van der Waals surface area contributed by atoms with Gasteiger partial charge in [0.1, 0.15) is 0 Å². The molecule has 0 spiro atoms. The standard InChI is InChI=1S/C10H21NOS/c1-8(7-12)6-11-9-4-3-5-10(9)13-2/h8-12H,3-7H2,1-2H3. The molecule has 3 unspecified atom stereocenters. The van der Waals surface area contributed by atoms with E-state index in [1.165, 1.54) is 19.3 Å². The molecular formula is C10H21NOS. The highest BCUT2D eigenvalue weighted by Gasteiger charge is 2.25. The lowest BCUT2D eigenvalue weighted by Crippen LogP contribution is -2.37. The van der Waals surface area contributed by atoms with Gasteiger partial charge in [-0.3, -0.25) is 0 Å². The van der Waals surface area contributed by atoms with Crippen LogP contribution < -0.4 is 5.32 Å². The number of aliphatic hydroxyl groups is 1. The highest BCUT2D eigenvalue weighted by Crippen LogP contribution is 2.28. The molecule has 1 aliphatic rings. The van der Waals surface area contributed by atoms with Gasteiger partial charge >= 0.3 is 0 Å². The highest BCUT2D eigenvalue weighted by atomic mass is 32.2. The second-order valence-corrected chi connectivity index (χ2v) is 5.08. The van der Waals surface area contributed by atoms with Crippen LogP contribution in [-0.2, 0) is 0 Å². The lowest BCUT2D eigenvalue weighted by atomic mass is 10.1. The Morgan fingerprint density at radius 2 is 2.31 bits per heavy atom. The Balaban J connectivity index is 2.19. The van der Waals surface area contributed by atoms with E-state index in [4.69, 9.17) is 5.11 Å². The Bertz CT molecular complexity index is 143. The monoisotopic (exact) mass is 203 g/mol. The first-order chi connectivity index (χ1) is 6.27. The molecule has 1 aliphatic carbocycles. The fraction of sp³-hybridized carbons (Fsp3) is 1.00. The van der Waals surface area contributed by atoms with Gasteiger partial charge in [-0.1, -0.05) is 13.3 Å². The lowest BCUT2D eigenvalue weighted by Gasteiger charge is -2.20. The van der Waals surface area contributed by atoms with Gasteiger partial charge in [0.05, 0.1) is 0 Å². The average molecular weight is 203 g/mol. The predicted octanol–water partition coefficient (Wildman–Crippen LogP) is 1.49. The molecule has 1 rings (SSSR count). The topological polar surface area (TPSA) is 32.3 Å². The summed E-state index contributed by atoms with van der Waals surface area (Å²) in [5, 5.41) is 13.2. The molecule has 3 atom stereocenters. The molecule has 78 valence electrons. The van der Waals surface area contributed by atoms with Gasteiger partial charge < -0.3 is 10.4 Å². The predicted molar refractivity (Wildman–Crippen MR) is 59.2 cm³/mol. The molecule has 3 heteroatoms. The first-order valence-corrected chi connectivity index (χ1v) is 6.43. The largest absolute Gasteiger partial charge is 0.396 e. The van der Waals surface area contributed by atoms with E-state index >= 15 is 0 Å². The number of nitrogens with one attached hydrogen (secondary N) is 1. The maximum absolute atomic E-state index is 8.89. The van der Waals surface area contributed by atoms with Gasteiger partial charge in [-0.05, 0) is 25.0 Å².